The lowest BCUT2D eigenvalue weighted by molar-refractivity contribution is -0.172. The lowest BCUT2D eigenvalue weighted by Crippen LogP contribution is -2.47. The monoisotopic (exact) mass is 389 g/mol. The Morgan fingerprint density at radius 2 is 1.76 bits per heavy atom. The normalized spacial score (nSPS) is 16.1. The van der Waals surface area contributed by atoms with E-state index in [4.69, 9.17) is 0 Å². The van der Waals surface area contributed by atoms with Gasteiger partial charge in [-0.15, -0.1) is 4.31 Å². The van der Waals surface area contributed by atoms with Crippen molar-refractivity contribution in [2.75, 3.05) is 7.05 Å². The molecule has 1 aromatic carbocycles. The Kier molecular flexibility index (Phi) is 5.74. The van der Waals surface area contributed by atoms with Gasteiger partial charge in [-0.25, -0.2) is 4.39 Å². The van der Waals surface area contributed by atoms with Gasteiger partial charge in [-0.1, -0.05) is 22.0 Å². The Morgan fingerprint density at radius 1 is 1.24 bits per heavy atom. The molecule has 0 fully saturated rings. The molecule has 1 aromatic rings. The van der Waals surface area contributed by atoms with Crippen LogP contribution in [0, 0.1) is 5.82 Å². The summed E-state index contributed by atoms with van der Waals surface area (Å²) in [6, 6.07) is 1.06. The summed E-state index contributed by atoms with van der Waals surface area (Å²) in [5.41, 5.74) is -0.550. The van der Waals surface area contributed by atoms with Gasteiger partial charge in [-0.05, 0) is 32.9 Å². The van der Waals surface area contributed by atoms with Crippen LogP contribution < -0.4 is 0 Å². The fourth-order valence-corrected chi connectivity index (χ4v) is 3.45. The van der Waals surface area contributed by atoms with Crippen LogP contribution in [0.1, 0.15) is 32.4 Å². The molecule has 8 heteroatoms. The van der Waals surface area contributed by atoms with Crippen molar-refractivity contribution in [2.45, 2.75) is 37.7 Å². The molecule has 0 saturated carbocycles. The minimum absolute atomic E-state index is 0.337. The molecule has 0 radical (unpaired) electrons. The predicted octanol–water partition coefficient (Wildman–Crippen LogP) is 4.59. The highest BCUT2D eigenvalue weighted by Gasteiger charge is 2.51. The topological polar surface area (TPSA) is 26.3 Å². The van der Waals surface area contributed by atoms with Gasteiger partial charge in [-0.2, -0.15) is 13.2 Å². The molecular weight excluding hydrogens is 374 g/mol. The van der Waals surface area contributed by atoms with Gasteiger partial charge in [0.15, 0.2) is 6.04 Å². The van der Waals surface area contributed by atoms with E-state index in [1.807, 2.05) is 0 Å². The second-order valence-corrected chi connectivity index (χ2v) is 8.73. The first kappa shape index (κ1) is 18.7. The van der Waals surface area contributed by atoms with Crippen molar-refractivity contribution in [3.63, 3.8) is 0 Å². The van der Waals surface area contributed by atoms with Crippen molar-refractivity contribution in [3.8, 4) is 0 Å². The Bertz CT molecular complexity index is 504. The SMILES string of the molecule is CN([C@@H](c1ccc(Br)cc1F)C(F)(F)F)[S+]([O-])C(C)(C)C. The fourth-order valence-electron chi connectivity index (χ4n) is 1.83. The molecule has 21 heavy (non-hydrogen) atoms. The summed E-state index contributed by atoms with van der Waals surface area (Å²) in [6.45, 7) is 4.68. The number of halogens is 5. The molecule has 0 heterocycles. The molecule has 0 amide bonds. The number of hydrogen-bond donors (Lipinski definition) is 0. The second-order valence-electron chi connectivity index (χ2n) is 5.52. The van der Waals surface area contributed by atoms with Crippen LogP contribution in [0.3, 0.4) is 0 Å². The van der Waals surface area contributed by atoms with E-state index >= 15 is 0 Å². The van der Waals surface area contributed by atoms with Crippen LogP contribution in [0.4, 0.5) is 17.6 Å². The molecule has 2 atom stereocenters. The Labute approximate surface area is 133 Å². The number of nitrogens with zero attached hydrogens (tertiary/aromatic N) is 1. The predicted molar refractivity (Wildman–Crippen MR) is 78.6 cm³/mol. The van der Waals surface area contributed by atoms with E-state index in [9.17, 15) is 22.1 Å². The number of benzene rings is 1. The first-order valence-corrected chi connectivity index (χ1v) is 7.92. The molecule has 1 unspecified atom stereocenters. The third-order valence-corrected chi connectivity index (χ3v) is 4.99. The van der Waals surface area contributed by atoms with E-state index in [1.165, 1.54) is 6.07 Å². The Balaban J connectivity index is 3.31. The lowest BCUT2D eigenvalue weighted by Gasteiger charge is -2.35. The Hall–Kier alpha value is -0.310. The third-order valence-electron chi connectivity index (χ3n) is 2.72. The van der Waals surface area contributed by atoms with Crippen LogP contribution in [0.25, 0.3) is 0 Å². The number of alkyl halides is 3. The second kappa shape index (κ2) is 6.44. The van der Waals surface area contributed by atoms with E-state index in [0.717, 1.165) is 19.2 Å². The van der Waals surface area contributed by atoms with Gasteiger partial charge in [-0.3, -0.25) is 0 Å². The average molecular weight is 390 g/mol. The maximum atomic E-state index is 13.9. The molecule has 0 saturated heterocycles. The van der Waals surface area contributed by atoms with Crippen LogP contribution in [0.5, 0.6) is 0 Å². The smallest absolute Gasteiger partial charge is 0.412 e. The summed E-state index contributed by atoms with van der Waals surface area (Å²) in [5, 5.41) is 0. The van der Waals surface area contributed by atoms with Gasteiger partial charge in [0.05, 0.1) is 0 Å². The van der Waals surface area contributed by atoms with E-state index in [2.05, 4.69) is 15.9 Å². The van der Waals surface area contributed by atoms with Crippen LogP contribution in [-0.4, -0.2) is 26.8 Å². The van der Waals surface area contributed by atoms with Crippen molar-refractivity contribution in [1.29, 1.82) is 0 Å². The van der Waals surface area contributed by atoms with Gasteiger partial charge in [0.1, 0.15) is 10.6 Å². The van der Waals surface area contributed by atoms with E-state index in [0.29, 0.717) is 8.78 Å². The first-order valence-electron chi connectivity index (χ1n) is 6.02. The van der Waals surface area contributed by atoms with E-state index < -0.39 is 39.7 Å². The summed E-state index contributed by atoms with van der Waals surface area (Å²) >= 11 is 1.06. The molecule has 0 spiro atoms. The average Bonchev–Trinajstić information content (AvgIpc) is 2.28. The molecular formula is C13H16BrF4NOS. The highest BCUT2D eigenvalue weighted by Crippen LogP contribution is 2.41. The maximum absolute atomic E-state index is 13.9. The fraction of sp³-hybridized carbons (Fsp3) is 0.538. The zero-order chi connectivity index (χ0) is 16.6. The van der Waals surface area contributed by atoms with Crippen LogP contribution in [0.2, 0.25) is 0 Å². The number of hydrogen-bond acceptors (Lipinski definition) is 2. The molecule has 0 N–H and O–H groups in total. The largest absolute Gasteiger partial charge is 0.597 e. The summed E-state index contributed by atoms with van der Waals surface area (Å²) in [4.78, 5) is 0. The van der Waals surface area contributed by atoms with Crippen LogP contribution >= 0.6 is 15.9 Å². The molecule has 1 rings (SSSR count). The van der Waals surface area contributed by atoms with Gasteiger partial charge in [0.2, 0.25) is 0 Å². The van der Waals surface area contributed by atoms with Crippen molar-refractivity contribution in [1.82, 2.24) is 4.31 Å². The van der Waals surface area contributed by atoms with Gasteiger partial charge in [0, 0.05) is 28.4 Å². The van der Waals surface area contributed by atoms with Gasteiger partial charge >= 0.3 is 6.18 Å². The zero-order valence-corrected chi connectivity index (χ0v) is 14.4. The number of rotatable bonds is 3. The zero-order valence-electron chi connectivity index (χ0n) is 12.0. The van der Waals surface area contributed by atoms with Crippen molar-refractivity contribution >= 4 is 27.3 Å². The lowest BCUT2D eigenvalue weighted by atomic mass is 10.1. The minimum atomic E-state index is -4.75. The van der Waals surface area contributed by atoms with Gasteiger partial charge in [0.25, 0.3) is 0 Å². The molecule has 120 valence electrons. The Morgan fingerprint density at radius 3 is 2.14 bits per heavy atom. The van der Waals surface area contributed by atoms with E-state index in [1.54, 1.807) is 20.8 Å². The van der Waals surface area contributed by atoms with E-state index in [-0.39, 0.29) is 0 Å². The highest BCUT2D eigenvalue weighted by atomic mass is 79.9. The molecule has 0 aromatic heterocycles. The standard InChI is InChI=1S/C13H16BrF4NOS/c1-12(2,3)21(20)19(4)11(13(16,17)18)9-6-5-8(14)7-10(9)15/h5-7,11H,1-4H3/t11-,21?/m0/s1. The molecule has 0 aliphatic rings. The summed E-state index contributed by atoms with van der Waals surface area (Å²) in [5.74, 6) is -0.996. The minimum Gasteiger partial charge on any atom is -0.597 e. The van der Waals surface area contributed by atoms with Crippen molar-refractivity contribution < 1.29 is 22.1 Å². The third kappa shape index (κ3) is 4.58. The highest BCUT2D eigenvalue weighted by molar-refractivity contribution is 9.10. The first-order chi connectivity index (χ1) is 9.35. The quantitative estimate of drug-likeness (QED) is 0.558. The van der Waals surface area contributed by atoms with Crippen molar-refractivity contribution in [3.05, 3.63) is 34.1 Å². The van der Waals surface area contributed by atoms with Gasteiger partial charge < -0.3 is 4.55 Å². The summed E-state index contributed by atoms with van der Waals surface area (Å²) < 4.78 is 66.2. The summed E-state index contributed by atoms with van der Waals surface area (Å²) in [7, 11) is 1.08. The summed E-state index contributed by atoms with van der Waals surface area (Å²) in [6.07, 6.45) is -4.75. The molecule has 2 nitrogen and oxygen atoms in total. The van der Waals surface area contributed by atoms with Crippen molar-refractivity contribution in [2.24, 2.45) is 0 Å². The molecule has 0 bridgehead atoms. The maximum Gasteiger partial charge on any atom is 0.412 e. The molecule has 0 aliphatic heterocycles. The molecule has 0 aliphatic carbocycles. The van der Waals surface area contributed by atoms with Crippen LogP contribution in [-0.2, 0) is 11.4 Å². The van der Waals surface area contributed by atoms with Crippen LogP contribution in [0.15, 0.2) is 22.7 Å².